The number of nitrogens with one attached hydrogen (secondary N) is 1. The number of benzene rings is 3. The quantitative estimate of drug-likeness (QED) is 0.218. The van der Waals surface area contributed by atoms with Crippen LogP contribution in [0.5, 0.6) is 0 Å². The van der Waals surface area contributed by atoms with E-state index >= 15 is 0 Å². The molecule has 6 heteroatoms. The van der Waals surface area contributed by atoms with Crippen LogP contribution in [0.25, 0.3) is 10.8 Å². The van der Waals surface area contributed by atoms with Gasteiger partial charge in [-0.3, -0.25) is 9.78 Å². The Morgan fingerprint density at radius 3 is 2.02 bits per heavy atom. The van der Waals surface area contributed by atoms with Gasteiger partial charge in [0.1, 0.15) is 0 Å². The number of fused-ring (bicyclic) bond motifs is 1. The van der Waals surface area contributed by atoms with Gasteiger partial charge in [-0.1, -0.05) is 129 Å². The first-order chi connectivity index (χ1) is 21.6. The summed E-state index contributed by atoms with van der Waals surface area (Å²) in [6.07, 6.45) is 5.94. The molecule has 0 saturated carbocycles. The highest BCUT2D eigenvalue weighted by molar-refractivity contribution is 6.04. The van der Waals surface area contributed by atoms with Gasteiger partial charge in [0, 0.05) is 40.0 Å². The minimum Gasteiger partial charge on any atom is -0.322 e. The highest BCUT2D eigenvalue weighted by Crippen LogP contribution is 2.34. The number of hydrogen-bond donors (Lipinski definition) is 1. The molecule has 0 fully saturated rings. The third-order valence-corrected chi connectivity index (χ3v) is 6.76. The van der Waals surface area contributed by atoms with E-state index in [2.05, 4.69) is 49.8 Å². The van der Waals surface area contributed by atoms with Crippen molar-refractivity contribution in [3.8, 4) is 11.8 Å². The van der Waals surface area contributed by atoms with Crippen molar-refractivity contribution in [2.24, 2.45) is 0 Å². The summed E-state index contributed by atoms with van der Waals surface area (Å²) in [5, 5.41) is 4.53. The molecule has 3 aromatic carbocycles. The van der Waals surface area contributed by atoms with Crippen LogP contribution in [0.3, 0.4) is 0 Å². The summed E-state index contributed by atoms with van der Waals surface area (Å²) >= 11 is 0. The molecule has 0 unspecified atom stereocenters. The Balaban J connectivity index is 0.000000801. The zero-order chi connectivity index (χ0) is 33.8. The van der Waals surface area contributed by atoms with Gasteiger partial charge in [0.25, 0.3) is 5.91 Å². The smallest absolute Gasteiger partial charge is 0.322 e. The molecule has 1 N–H and O–H groups in total. The molecule has 4 aromatic rings. The topological polar surface area (TPSA) is 42.0 Å². The second-order valence-electron chi connectivity index (χ2n) is 10.2. The Bertz CT molecular complexity index is 1520. The number of aromatic nitrogens is 1. The van der Waals surface area contributed by atoms with Crippen molar-refractivity contribution < 1.29 is 18.0 Å². The normalized spacial score (nSPS) is 10.1. The van der Waals surface area contributed by atoms with E-state index in [4.69, 9.17) is 0 Å². The highest BCUT2D eigenvalue weighted by atomic mass is 19.4. The third-order valence-electron chi connectivity index (χ3n) is 6.76. The summed E-state index contributed by atoms with van der Waals surface area (Å²) in [6.45, 7) is 16.3. The summed E-state index contributed by atoms with van der Waals surface area (Å²) in [5.41, 5.74) is 2.13. The van der Waals surface area contributed by atoms with Gasteiger partial charge in [-0.2, -0.15) is 13.2 Å². The largest absolute Gasteiger partial charge is 0.416 e. The van der Waals surface area contributed by atoms with Crippen molar-refractivity contribution in [2.75, 3.05) is 5.32 Å². The van der Waals surface area contributed by atoms with E-state index in [1.54, 1.807) is 37.5 Å². The number of rotatable bonds is 6. The van der Waals surface area contributed by atoms with Crippen LogP contribution in [0.15, 0.2) is 73.1 Å². The number of pyridine rings is 1. The van der Waals surface area contributed by atoms with Gasteiger partial charge in [0.05, 0.1) is 11.1 Å². The van der Waals surface area contributed by atoms with Crippen molar-refractivity contribution in [3.63, 3.8) is 0 Å². The number of unbranched alkanes of at least 4 members (excludes halogenated alkanes) is 3. The maximum Gasteiger partial charge on any atom is 0.416 e. The molecule has 1 heterocycles. The monoisotopic (exact) mass is 618 g/mol. The lowest BCUT2D eigenvalue weighted by Gasteiger charge is -2.14. The Morgan fingerprint density at radius 2 is 1.44 bits per heavy atom. The molecule has 3 nitrogen and oxygen atoms in total. The molecule has 0 bridgehead atoms. The molecule has 0 saturated heterocycles. The van der Waals surface area contributed by atoms with Gasteiger partial charge in [0.15, 0.2) is 0 Å². The molecule has 4 rings (SSSR count). The average molecular weight is 619 g/mol. The van der Waals surface area contributed by atoms with Crippen LogP contribution in [-0.4, -0.2) is 10.9 Å². The number of carbonyl (C=O) groups is 1. The Kier molecular flexibility index (Phi) is 18.0. The molecular formula is C39H49F3N2O. The fraction of sp³-hybridized carbons (Fsp3) is 0.385. The van der Waals surface area contributed by atoms with Crippen LogP contribution in [0.2, 0.25) is 0 Å². The van der Waals surface area contributed by atoms with Crippen LogP contribution in [0.4, 0.5) is 18.9 Å². The molecule has 0 aliphatic carbocycles. The number of carbonyl (C=O) groups excluding carboxylic acids is 1. The van der Waals surface area contributed by atoms with E-state index in [1.807, 2.05) is 45.0 Å². The van der Waals surface area contributed by atoms with Crippen molar-refractivity contribution in [1.29, 1.82) is 0 Å². The molecule has 0 aliphatic rings. The van der Waals surface area contributed by atoms with Gasteiger partial charge in [-0.15, -0.1) is 0 Å². The van der Waals surface area contributed by atoms with Gasteiger partial charge in [-0.05, 0) is 48.7 Å². The van der Waals surface area contributed by atoms with Crippen LogP contribution >= 0.6 is 0 Å². The van der Waals surface area contributed by atoms with Crippen molar-refractivity contribution >= 4 is 22.4 Å². The summed E-state index contributed by atoms with van der Waals surface area (Å²) in [4.78, 5) is 17.0. The number of hydrogen-bond acceptors (Lipinski definition) is 2. The van der Waals surface area contributed by atoms with Crippen LogP contribution in [0.1, 0.15) is 119 Å². The molecule has 45 heavy (non-hydrogen) atoms. The number of aryl methyl sites for hydroxylation is 2. The van der Waals surface area contributed by atoms with Gasteiger partial charge < -0.3 is 5.32 Å². The SMILES string of the molecule is CC.CCCC.CCCCC.CCc1ccc(NC(=O)c2ccc(C)c(C#Cc3cncc4ccccc34)c2)cc1C(F)(F)F. The molecular weight excluding hydrogens is 569 g/mol. The maximum atomic E-state index is 13.4. The van der Waals surface area contributed by atoms with Crippen LogP contribution in [0, 0.1) is 18.8 Å². The number of anilines is 1. The van der Waals surface area contributed by atoms with E-state index in [-0.39, 0.29) is 17.7 Å². The lowest BCUT2D eigenvalue weighted by molar-refractivity contribution is -0.138. The van der Waals surface area contributed by atoms with Crippen molar-refractivity contribution in [3.05, 3.63) is 106 Å². The van der Waals surface area contributed by atoms with Gasteiger partial charge >= 0.3 is 6.18 Å². The molecule has 242 valence electrons. The molecule has 0 spiro atoms. The summed E-state index contributed by atoms with van der Waals surface area (Å²) in [5.74, 6) is 5.73. The fourth-order valence-corrected chi connectivity index (χ4v) is 4.03. The summed E-state index contributed by atoms with van der Waals surface area (Å²) in [7, 11) is 0. The molecule has 1 amide bonds. The Hall–Kier alpha value is -4.11. The number of alkyl halides is 3. The molecule has 0 atom stereocenters. The maximum absolute atomic E-state index is 13.4. The van der Waals surface area contributed by atoms with Crippen molar-refractivity contribution in [2.45, 2.75) is 100 Å². The lowest BCUT2D eigenvalue weighted by atomic mass is 10.0. The first kappa shape index (κ1) is 38.9. The number of nitrogens with zero attached hydrogens (tertiary/aromatic N) is 1. The van der Waals surface area contributed by atoms with Gasteiger partial charge in [-0.25, -0.2) is 0 Å². The average Bonchev–Trinajstić information content (AvgIpc) is 3.05. The zero-order valence-electron chi connectivity index (χ0n) is 28.2. The highest BCUT2D eigenvalue weighted by Gasteiger charge is 2.33. The van der Waals surface area contributed by atoms with Crippen LogP contribution < -0.4 is 5.32 Å². The Morgan fingerprint density at radius 1 is 0.800 bits per heavy atom. The van der Waals surface area contributed by atoms with Gasteiger partial charge in [0.2, 0.25) is 0 Å². The van der Waals surface area contributed by atoms with E-state index in [1.165, 1.54) is 44.2 Å². The van der Waals surface area contributed by atoms with Crippen LogP contribution in [-0.2, 0) is 12.6 Å². The standard InChI is InChI=1S/C28H21F3N2O.C5H12.C4H10.C2H6/c1-3-19-12-13-24(15-26(19)28(29,30)31)33-27(34)21-9-8-18(2)20(14-21)10-11-23-17-32-16-22-6-4-5-7-25(22)23;1-3-5-4-2;1-3-4-2;1-2/h4-9,12-17H,3H2,1-2H3,(H,33,34);3-5H2,1-2H3;3-4H2,1-2H3;1-2H3. The zero-order valence-corrected chi connectivity index (χ0v) is 28.2. The minimum atomic E-state index is -4.49. The number of halogens is 3. The van der Waals surface area contributed by atoms with Crippen molar-refractivity contribution in [1.82, 2.24) is 4.98 Å². The molecule has 0 aliphatic heterocycles. The summed E-state index contributed by atoms with van der Waals surface area (Å²) in [6, 6.07) is 16.7. The summed E-state index contributed by atoms with van der Waals surface area (Å²) < 4.78 is 40.1. The minimum absolute atomic E-state index is 0.0876. The van der Waals surface area contributed by atoms with E-state index in [9.17, 15) is 18.0 Å². The second-order valence-corrected chi connectivity index (χ2v) is 10.2. The molecule has 1 aromatic heterocycles. The van der Waals surface area contributed by atoms with E-state index < -0.39 is 17.6 Å². The first-order valence-corrected chi connectivity index (χ1v) is 16.1. The second kappa shape index (κ2) is 20.8. The predicted octanol–water partition coefficient (Wildman–Crippen LogP) is 11.8. The molecule has 0 radical (unpaired) electrons. The first-order valence-electron chi connectivity index (χ1n) is 16.1. The number of amides is 1. The lowest BCUT2D eigenvalue weighted by Crippen LogP contribution is -2.14. The van der Waals surface area contributed by atoms with E-state index in [0.717, 1.165) is 28.0 Å². The fourth-order valence-electron chi connectivity index (χ4n) is 4.03. The Labute approximate surface area is 268 Å². The predicted molar refractivity (Wildman–Crippen MR) is 185 cm³/mol. The third kappa shape index (κ3) is 12.8. The van der Waals surface area contributed by atoms with E-state index in [0.29, 0.717) is 11.1 Å².